The average Bonchev–Trinajstić information content (AvgIpc) is 3.08. The minimum absolute atomic E-state index is 0.146. The van der Waals surface area contributed by atoms with Gasteiger partial charge < -0.3 is 9.47 Å². The highest BCUT2D eigenvalue weighted by atomic mass is 32.1. The van der Waals surface area contributed by atoms with Crippen molar-refractivity contribution in [2.75, 3.05) is 13.7 Å². The van der Waals surface area contributed by atoms with Crippen LogP contribution in [0.1, 0.15) is 71.8 Å². The Bertz CT molecular complexity index is 900. The van der Waals surface area contributed by atoms with E-state index in [9.17, 15) is 9.59 Å². The fourth-order valence-corrected chi connectivity index (χ4v) is 3.52. The van der Waals surface area contributed by atoms with Crippen molar-refractivity contribution in [2.45, 2.75) is 53.4 Å². The number of aryl methyl sites for hydroxylation is 1. The van der Waals surface area contributed by atoms with Crippen LogP contribution >= 0.6 is 11.3 Å². The molecule has 0 radical (unpaired) electrons. The van der Waals surface area contributed by atoms with Gasteiger partial charge >= 0.3 is 0 Å². The zero-order valence-electron chi connectivity index (χ0n) is 18.7. The van der Waals surface area contributed by atoms with Crippen LogP contribution in [-0.4, -0.2) is 30.5 Å². The summed E-state index contributed by atoms with van der Waals surface area (Å²) in [7, 11) is 1.52. The number of carbonyl (C=O) groups is 2. The first-order valence-corrected chi connectivity index (χ1v) is 10.7. The summed E-state index contributed by atoms with van der Waals surface area (Å²) in [5.74, 6) is 0.731. The van der Waals surface area contributed by atoms with Crippen LogP contribution in [0.3, 0.4) is 0 Å². The monoisotopic (exact) mass is 433 g/mol. The molecule has 0 bridgehead atoms. The molecule has 0 saturated carbocycles. The number of methoxy groups -OCH3 is 1. The molecule has 30 heavy (non-hydrogen) atoms. The quantitative estimate of drug-likeness (QED) is 0.637. The molecule has 0 saturated heterocycles. The number of ether oxygens (including phenoxy) is 2. The van der Waals surface area contributed by atoms with Gasteiger partial charge in [-0.3, -0.25) is 20.4 Å². The maximum atomic E-state index is 12.5. The Labute approximate surface area is 182 Å². The highest BCUT2D eigenvalue weighted by Gasteiger charge is 2.23. The molecule has 0 spiro atoms. The van der Waals surface area contributed by atoms with Gasteiger partial charge in [-0.1, -0.05) is 34.6 Å². The van der Waals surface area contributed by atoms with Crippen molar-refractivity contribution >= 4 is 23.2 Å². The van der Waals surface area contributed by atoms with Crippen LogP contribution < -0.4 is 20.3 Å². The molecule has 0 unspecified atom stereocenters. The van der Waals surface area contributed by atoms with Crippen LogP contribution in [0, 0.1) is 12.8 Å². The number of benzene rings is 1. The number of hydrazine groups is 1. The molecule has 0 aliphatic heterocycles. The van der Waals surface area contributed by atoms with E-state index in [0.29, 0.717) is 40.2 Å². The molecule has 1 heterocycles. The SMILES string of the molecule is COc1cc(C(=O)NNC(=O)c2sc(C(C)(C)C)nc2C)ccc1OCCC(C)C. The maximum absolute atomic E-state index is 12.5. The van der Waals surface area contributed by atoms with Crippen molar-refractivity contribution in [3.63, 3.8) is 0 Å². The van der Waals surface area contributed by atoms with Gasteiger partial charge in [0.15, 0.2) is 11.5 Å². The predicted octanol–water partition coefficient (Wildman–Crippen LogP) is 4.26. The van der Waals surface area contributed by atoms with Crippen LogP contribution in [-0.2, 0) is 5.41 Å². The molecule has 2 N–H and O–H groups in total. The van der Waals surface area contributed by atoms with Gasteiger partial charge in [0, 0.05) is 11.0 Å². The highest BCUT2D eigenvalue weighted by molar-refractivity contribution is 7.14. The lowest BCUT2D eigenvalue weighted by atomic mass is 9.98. The van der Waals surface area contributed by atoms with Crippen LogP contribution in [0.4, 0.5) is 0 Å². The minimum Gasteiger partial charge on any atom is -0.493 e. The Balaban J connectivity index is 2.02. The average molecular weight is 434 g/mol. The number of nitrogens with one attached hydrogen (secondary N) is 2. The van der Waals surface area contributed by atoms with Crippen molar-refractivity contribution in [1.29, 1.82) is 0 Å². The van der Waals surface area contributed by atoms with Crippen LogP contribution in [0.2, 0.25) is 0 Å². The minimum atomic E-state index is -0.450. The zero-order chi connectivity index (χ0) is 22.5. The molecule has 0 fully saturated rings. The summed E-state index contributed by atoms with van der Waals surface area (Å²) in [5.41, 5.74) is 5.75. The van der Waals surface area contributed by atoms with E-state index in [4.69, 9.17) is 9.47 Å². The lowest BCUT2D eigenvalue weighted by Crippen LogP contribution is -2.41. The molecule has 7 nitrogen and oxygen atoms in total. The zero-order valence-corrected chi connectivity index (χ0v) is 19.5. The number of thiazole rings is 1. The molecule has 1 aromatic heterocycles. The van der Waals surface area contributed by atoms with E-state index >= 15 is 0 Å². The van der Waals surface area contributed by atoms with E-state index in [-0.39, 0.29) is 5.41 Å². The Hall–Kier alpha value is -2.61. The second-order valence-electron chi connectivity index (χ2n) is 8.49. The highest BCUT2D eigenvalue weighted by Crippen LogP contribution is 2.30. The van der Waals surface area contributed by atoms with E-state index in [2.05, 4.69) is 29.7 Å². The summed E-state index contributed by atoms with van der Waals surface area (Å²) in [6.07, 6.45) is 0.922. The summed E-state index contributed by atoms with van der Waals surface area (Å²) in [5, 5.41) is 0.870. The van der Waals surface area contributed by atoms with Crippen LogP contribution in [0.15, 0.2) is 18.2 Å². The molecule has 0 aliphatic carbocycles. The first kappa shape index (κ1) is 23.7. The Morgan fingerprint density at radius 1 is 1.13 bits per heavy atom. The van der Waals surface area contributed by atoms with E-state index < -0.39 is 11.8 Å². The standard InChI is InChI=1S/C22H31N3O4S/c1-13(2)10-11-29-16-9-8-15(12-17(16)28-7)19(26)24-25-20(27)18-14(3)23-21(30-18)22(4,5)6/h8-9,12-13H,10-11H2,1-7H3,(H,24,26)(H,25,27). The molecule has 0 aliphatic rings. The Morgan fingerprint density at radius 3 is 2.37 bits per heavy atom. The third-order valence-electron chi connectivity index (χ3n) is 4.31. The van der Waals surface area contributed by atoms with E-state index in [1.807, 2.05) is 20.8 Å². The number of carbonyl (C=O) groups excluding carboxylic acids is 2. The van der Waals surface area contributed by atoms with Crippen molar-refractivity contribution in [3.8, 4) is 11.5 Å². The number of rotatable bonds is 7. The number of hydrogen-bond acceptors (Lipinski definition) is 6. The van der Waals surface area contributed by atoms with E-state index in [1.54, 1.807) is 25.1 Å². The van der Waals surface area contributed by atoms with Gasteiger partial charge in [0.1, 0.15) is 4.88 Å². The van der Waals surface area contributed by atoms with Crippen molar-refractivity contribution in [3.05, 3.63) is 39.3 Å². The Kier molecular flexibility index (Phi) is 7.83. The summed E-state index contributed by atoms with van der Waals surface area (Å²) in [6.45, 7) is 12.7. The number of amides is 2. The normalized spacial score (nSPS) is 11.3. The molecule has 8 heteroatoms. The summed E-state index contributed by atoms with van der Waals surface area (Å²) < 4.78 is 11.1. The molecule has 2 rings (SSSR count). The van der Waals surface area contributed by atoms with E-state index in [1.165, 1.54) is 18.4 Å². The van der Waals surface area contributed by atoms with E-state index in [0.717, 1.165) is 11.4 Å². The number of hydrogen-bond donors (Lipinski definition) is 2. The van der Waals surface area contributed by atoms with Gasteiger partial charge in [-0.25, -0.2) is 4.98 Å². The first-order valence-electron chi connectivity index (χ1n) is 9.92. The van der Waals surface area contributed by atoms with Gasteiger partial charge in [-0.05, 0) is 37.5 Å². The first-order chi connectivity index (χ1) is 14.0. The summed E-state index contributed by atoms with van der Waals surface area (Å²) >= 11 is 1.33. The third-order valence-corrected chi connectivity index (χ3v) is 5.89. The van der Waals surface area contributed by atoms with Gasteiger partial charge in [-0.2, -0.15) is 0 Å². The van der Waals surface area contributed by atoms with Crippen LogP contribution in [0.5, 0.6) is 11.5 Å². The lowest BCUT2D eigenvalue weighted by molar-refractivity contribution is 0.0848. The smallest absolute Gasteiger partial charge is 0.281 e. The summed E-state index contributed by atoms with van der Waals surface area (Å²) in [6, 6.07) is 4.91. The van der Waals surface area contributed by atoms with Crippen molar-refractivity contribution in [2.24, 2.45) is 5.92 Å². The Morgan fingerprint density at radius 2 is 1.80 bits per heavy atom. The third kappa shape index (κ3) is 6.19. The van der Waals surface area contributed by atoms with Crippen LogP contribution in [0.25, 0.3) is 0 Å². The van der Waals surface area contributed by atoms with Gasteiger partial charge in [0.25, 0.3) is 11.8 Å². The molecule has 164 valence electrons. The van der Waals surface area contributed by atoms with Crippen molar-refractivity contribution in [1.82, 2.24) is 15.8 Å². The molecular weight excluding hydrogens is 402 g/mol. The number of aromatic nitrogens is 1. The fraction of sp³-hybridized carbons (Fsp3) is 0.500. The molecule has 2 amide bonds. The van der Waals surface area contributed by atoms with Gasteiger partial charge in [0.2, 0.25) is 0 Å². The van der Waals surface area contributed by atoms with Crippen molar-refractivity contribution < 1.29 is 19.1 Å². The molecule has 2 aromatic rings. The summed E-state index contributed by atoms with van der Waals surface area (Å²) in [4.78, 5) is 29.9. The topological polar surface area (TPSA) is 89.6 Å². The molecular formula is C22H31N3O4S. The second-order valence-corrected chi connectivity index (χ2v) is 9.49. The van der Waals surface area contributed by atoms with Gasteiger partial charge in [-0.15, -0.1) is 11.3 Å². The predicted molar refractivity (Wildman–Crippen MR) is 118 cm³/mol. The largest absolute Gasteiger partial charge is 0.493 e. The lowest BCUT2D eigenvalue weighted by Gasteiger charge is -2.13. The van der Waals surface area contributed by atoms with Gasteiger partial charge in [0.05, 0.1) is 24.4 Å². The number of nitrogens with zero attached hydrogens (tertiary/aromatic N) is 1. The molecule has 0 atom stereocenters. The second kappa shape index (κ2) is 9.93. The molecule has 1 aromatic carbocycles. The fourth-order valence-electron chi connectivity index (χ4n) is 2.50. The maximum Gasteiger partial charge on any atom is 0.281 e.